The summed E-state index contributed by atoms with van der Waals surface area (Å²) in [5, 5.41) is 16.8. The fourth-order valence-electron chi connectivity index (χ4n) is 3.57. The zero-order valence-corrected chi connectivity index (χ0v) is 19.0. The number of hydrogen-bond acceptors (Lipinski definition) is 4. The quantitative estimate of drug-likeness (QED) is 0.304. The standard InChI is InChI=1S/C24H19ClFN5O4/c1-13(27-24(34)35)21-29-19-11-5-9-17(26)20(19)22(32)31(21)15-7-4-6-14(12-15)28-23(33)30-18-10-3-2-8-16(18)25/h2-13,27H,1H3,(H,34,35)(H2,28,30,33). The van der Waals surface area contributed by atoms with Crippen molar-refractivity contribution in [3.05, 3.63) is 93.7 Å². The van der Waals surface area contributed by atoms with Gasteiger partial charge in [-0.1, -0.05) is 35.9 Å². The minimum absolute atomic E-state index is 0.0492. The number of anilines is 2. The summed E-state index contributed by atoms with van der Waals surface area (Å²) in [5.41, 5.74) is 0.340. The van der Waals surface area contributed by atoms with Gasteiger partial charge in [-0.15, -0.1) is 0 Å². The molecule has 3 amide bonds. The van der Waals surface area contributed by atoms with Gasteiger partial charge in [0.1, 0.15) is 17.0 Å². The van der Waals surface area contributed by atoms with E-state index in [1.165, 1.54) is 25.1 Å². The Morgan fingerprint density at radius 2 is 1.80 bits per heavy atom. The number of nitrogens with one attached hydrogen (secondary N) is 3. The average Bonchev–Trinajstić information content (AvgIpc) is 2.80. The topological polar surface area (TPSA) is 125 Å². The summed E-state index contributed by atoms with van der Waals surface area (Å²) in [6.45, 7) is 1.51. The molecule has 0 aliphatic rings. The number of rotatable bonds is 5. The Morgan fingerprint density at radius 3 is 2.54 bits per heavy atom. The van der Waals surface area contributed by atoms with Crippen LogP contribution in [0.1, 0.15) is 18.8 Å². The van der Waals surface area contributed by atoms with Crippen LogP contribution in [0.2, 0.25) is 5.02 Å². The van der Waals surface area contributed by atoms with E-state index < -0.39 is 29.5 Å². The van der Waals surface area contributed by atoms with Crippen LogP contribution in [0.25, 0.3) is 16.6 Å². The maximum atomic E-state index is 14.5. The number of para-hydroxylation sites is 1. The minimum Gasteiger partial charge on any atom is -0.465 e. The van der Waals surface area contributed by atoms with Crippen LogP contribution in [-0.2, 0) is 0 Å². The Morgan fingerprint density at radius 1 is 1.06 bits per heavy atom. The Labute approximate surface area is 203 Å². The highest BCUT2D eigenvalue weighted by atomic mass is 35.5. The number of carbonyl (C=O) groups excluding carboxylic acids is 1. The van der Waals surface area contributed by atoms with Gasteiger partial charge in [-0.3, -0.25) is 9.36 Å². The molecule has 0 aliphatic carbocycles. The maximum absolute atomic E-state index is 14.5. The van der Waals surface area contributed by atoms with Gasteiger partial charge >= 0.3 is 12.1 Å². The summed E-state index contributed by atoms with van der Waals surface area (Å²) in [7, 11) is 0. The van der Waals surface area contributed by atoms with Gasteiger partial charge < -0.3 is 21.1 Å². The fourth-order valence-corrected chi connectivity index (χ4v) is 3.75. The lowest BCUT2D eigenvalue weighted by Gasteiger charge is -2.19. The molecular weight excluding hydrogens is 477 g/mol. The highest BCUT2D eigenvalue weighted by Gasteiger charge is 2.21. The monoisotopic (exact) mass is 495 g/mol. The number of benzene rings is 3. The molecule has 4 rings (SSSR count). The van der Waals surface area contributed by atoms with Crippen molar-refractivity contribution in [2.75, 3.05) is 10.6 Å². The zero-order valence-electron chi connectivity index (χ0n) is 18.3. The second-order valence-corrected chi connectivity index (χ2v) is 7.93. The number of hydrogen-bond donors (Lipinski definition) is 4. The molecule has 0 spiro atoms. The van der Waals surface area contributed by atoms with E-state index in [9.17, 15) is 18.8 Å². The summed E-state index contributed by atoms with van der Waals surface area (Å²) >= 11 is 6.07. The third-order valence-electron chi connectivity index (χ3n) is 5.08. The molecule has 1 atom stereocenters. The number of urea groups is 1. The number of halogens is 2. The highest BCUT2D eigenvalue weighted by Crippen LogP contribution is 2.23. The third-order valence-corrected chi connectivity index (χ3v) is 5.41. The molecule has 3 aromatic carbocycles. The van der Waals surface area contributed by atoms with E-state index >= 15 is 0 Å². The van der Waals surface area contributed by atoms with Crippen LogP contribution in [0, 0.1) is 5.82 Å². The number of amides is 3. The molecular formula is C24H19ClFN5O4. The number of nitrogens with zero attached hydrogens (tertiary/aromatic N) is 2. The van der Waals surface area contributed by atoms with Crippen molar-refractivity contribution in [1.29, 1.82) is 0 Å². The number of fused-ring (bicyclic) bond motifs is 1. The van der Waals surface area contributed by atoms with E-state index in [0.717, 1.165) is 10.6 Å². The first-order chi connectivity index (χ1) is 16.7. The van der Waals surface area contributed by atoms with E-state index in [2.05, 4.69) is 20.9 Å². The van der Waals surface area contributed by atoms with E-state index in [1.807, 2.05) is 0 Å². The first-order valence-electron chi connectivity index (χ1n) is 10.4. The third kappa shape index (κ3) is 5.07. The van der Waals surface area contributed by atoms with Gasteiger partial charge in [-0.2, -0.15) is 0 Å². The molecule has 0 saturated heterocycles. The van der Waals surface area contributed by atoms with Crippen LogP contribution in [0.5, 0.6) is 0 Å². The molecule has 4 aromatic rings. The molecule has 0 bridgehead atoms. The Hall–Kier alpha value is -4.44. The summed E-state index contributed by atoms with van der Waals surface area (Å²) in [6.07, 6.45) is -1.32. The van der Waals surface area contributed by atoms with Crippen LogP contribution in [0.15, 0.2) is 71.5 Å². The molecule has 11 heteroatoms. The molecule has 1 aromatic heterocycles. The average molecular weight is 496 g/mol. The Kier molecular flexibility index (Phi) is 6.65. The van der Waals surface area contributed by atoms with Crippen molar-refractivity contribution >= 4 is 46.0 Å². The second-order valence-electron chi connectivity index (χ2n) is 7.53. The van der Waals surface area contributed by atoms with Crippen molar-refractivity contribution < 1.29 is 19.1 Å². The molecule has 9 nitrogen and oxygen atoms in total. The lowest BCUT2D eigenvalue weighted by atomic mass is 10.2. The molecule has 35 heavy (non-hydrogen) atoms. The first-order valence-corrected chi connectivity index (χ1v) is 10.8. The summed E-state index contributed by atoms with van der Waals surface area (Å²) in [6, 6.07) is 15.5. The van der Waals surface area contributed by atoms with Crippen molar-refractivity contribution in [3.63, 3.8) is 0 Å². The SMILES string of the molecule is CC(NC(=O)O)c1nc2cccc(F)c2c(=O)n1-c1cccc(NC(=O)Nc2ccccc2Cl)c1. The van der Waals surface area contributed by atoms with Crippen molar-refractivity contribution in [1.82, 2.24) is 14.9 Å². The van der Waals surface area contributed by atoms with Gasteiger partial charge in [0.2, 0.25) is 0 Å². The molecule has 0 aliphatic heterocycles. The lowest BCUT2D eigenvalue weighted by Crippen LogP contribution is -2.32. The van der Waals surface area contributed by atoms with E-state index in [1.54, 1.807) is 42.5 Å². The van der Waals surface area contributed by atoms with E-state index in [0.29, 0.717) is 16.4 Å². The second kappa shape index (κ2) is 9.82. The van der Waals surface area contributed by atoms with E-state index in [-0.39, 0.29) is 22.4 Å². The van der Waals surface area contributed by atoms with Crippen LogP contribution >= 0.6 is 11.6 Å². The molecule has 1 unspecified atom stereocenters. The predicted molar refractivity (Wildman–Crippen MR) is 131 cm³/mol. The van der Waals surface area contributed by atoms with Crippen LogP contribution < -0.4 is 21.5 Å². The number of carboxylic acid groups (broad SMARTS) is 1. The number of aromatic nitrogens is 2. The van der Waals surface area contributed by atoms with Gasteiger partial charge in [0, 0.05) is 5.69 Å². The van der Waals surface area contributed by atoms with Crippen molar-refractivity contribution in [3.8, 4) is 5.69 Å². The largest absolute Gasteiger partial charge is 0.465 e. The fraction of sp³-hybridized carbons (Fsp3) is 0.0833. The lowest BCUT2D eigenvalue weighted by molar-refractivity contribution is 0.190. The van der Waals surface area contributed by atoms with Gasteiger partial charge in [-0.05, 0) is 49.4 Å². The Balaban J connectivity index is 1.76. The zero-order chi connectivity index (χ0) is 25.1. The van der Waals surface area contributed by atoms with Crippen molar-refractivity contribution in [2.45, 2.75) is 13.0 Å². The highest BCUT2D eigenvalue weighted by molar-refractivity contribution is 6.33. The van der Waals surface area contributed by atoms with E-state index in [4.69, 9.17) is 16.7 Å². The van der Waals surface area contributed by atoms with Gasteiger partial charge in [0.25, 0.3) is 5.56 Å². The van der Waals surface area contributed by atoms with Gasteiger partial charge in [0.15, 0.2) is 0 Å². The first kappa shape index (κ1) is 23.7. The molecule has 1 heterocycles. The summed E-state index contributed by atoms with van der Waals surface area (Å²) < 4.78 is 15.7. The minimum atomic E-state index is -1.32. The normalized spacial score (nSPS) is 11.6. The van der Waals surface area contributed by atoms with Crippen molar-refractivity contribution in [2.24, 2.45) is 0 Å². The van der Waals surface area contributed by atoms with Crippen LogP contribution in [0.3, 0.4) is 0 Å². The molecule has 0 saturated carbocycles. The molecule has 178 valence electrons. The van der Waals surface area contributed by atoms with Crippen LogP contribution in [-0.4, -0.2) is 26.8 Å². The van der Waals surface area contributed by atoms with Crippen LogP contribution in [0.4, 0.5) is 25.4 Å². The smallest absolute Gasteiger partial charge is 0.405 e. The summed E-state index contributed by atoms with van der Waals surface area (Å²) in [4.78, 5) is 41.4. The van der Waals surface area contributed by atoms with Gasteiger partial charge in [-0.25, -0.2) is 19.0 Å². The summed E-state index contributed by atoms with van der Waals surface area (Å²) in [5.74, 6) is -0.708. The molecule has 0 fully saturated rings. The predicted octanol–water partition coefficient (Wildman–Crippen LogP) is 5.15. The maximum Gasteiger partial charge on any atom is 0.405 e. The molecule has 0 radical (unpaired) electrons. The molecule has 4 N–H and O–H groups in total. The number of carbonyl (C=O) groups is 2. The van der Waals surface area contributed by atoms with Gasteiger partial charge in [0.05, 0.1) is 28.0 Å². The Bertz CT molecular complexity index is 1510.